The summed E-state index contributed by atoms with van der Waals surface area (Å²) in [5, 5.41) is 2.52. The molecule has 3 aliphatic rings. The largest absolute Gasteiger partial charge is 0.310 e. The van der Waals surface area contributed by atoms with E-state index in [2.05, 4.69) is 257 Å². The molecule has 1 nitrogen and oxygen atoms in total. The Morgan fingerprint density at radius 3 is 1.33 bits per heavy atom. The monoisotopic (exact) mass is 843 g/mol. The van der Waals surface area contributed by atoms with Crippen LogP contribution in [0.2, 0.25) is 0 Å². The molecule has 10 aromatic carbocycles. The first-order valence-corrected chi connectivity index (χ1v) is 23.4. The lowest BCUT2D eigenvalue weighted by atomic mass is 9.66. The summed E-state index contributed by atoms with van der Waals surface area (Å²) < 4.78 is 0. The zero-order valence-electron chi connectivity index (χ0n) is 37.8. The number of rotatable bonds is 6. The van der Waals surface area contributed by atoms with E-state index in [-0.39, 0.29) is 10.8 Å². The quantitative estimate of drug-likeness (QED) is 0.161. The second-order valence-electron chi connectivity index (χ2n) is 19.6. The van der Waals surface area contributed by atoms with Gasteiger partial charge in [0.15, 0.2) is 0 Å². The maximum absolute atomic E-state index is 2.59. The molecule has 0 saturated heterocycles. The van der Waals surface area contributed by atoms with E-state index in [1.807, 2.05) is 0 Å². The minimum atomic E-state index is -0.618. The molecule has 0 amide bonds. The first-order valence-electron chi connectivity index (χ1n) is 23.4. The van der Waals surface area contributed by atoms with Crippen molar-refractivity contribution >= 4 is 27.8 Å². The van der Waals surface area contributed by atoms with Gasteiger partial charge in [-0.25, -0.2) is 0 Å². The van der Waals surface area contributed by atoms with Crippen LogP contribution in [0, 0.1) is 0 Å². The summed E-state index contributed by atoms with van der Waals surface area (Å²) in [6.07, 6.45) is 0. The average molecular weight is 844 g/mol. The van der Waals surface area contributed by atoms with Crippen LogP contribution in [0.3, 0.4) is 0 Å². The van der Waals surface area contributed by atoms with E-state index in [0.29, 0.717) is 0 Å². The van der Waals surface area contributed by atoms with Crippen molar-refractivity contribution in [3.8, 4) is 44.5 Å². The zero-order chi connectivity index (χ0) is 44.4. The Morgan fingerprint density at radius 1 is 0.318 bits per heavy atom. The summed E-state index contributed by atoms with van der Waals surface area (Å²) in [6, 6.07) is 84.7. The fraction of sp³-hybridized carbons (Fsp3) is 0.108. The third-order valence-electron chi connectivity index (χ3n) is 15.5. The molecular formula is C65H49N. The third-order valence-corrected chi connectivity index (χ3v) is 15.5. The summed E-state index contributed by atoms with van der Waals surface area (Å²) in [4.78, 5) is 2.59. The van der Waals surface area contributed by atoms with Gasteiger partial charge in [0.2, 0.25) is 0 Å². The van der Waals surface area contributed by atoms with Crippen LogP contribution in [0.15, 0.2) is 224 Å². The van der Waals surface area contributed by atoms with Gasteiger partial charge in [0, 0.05) is 27.8 Å². The van der Waals surface area contributed by atoms with Crippen LogP contribution in [-0.2, 0) is 16.2 Å². The summed E-state index contributed by atoms with van der Waals surface area (Å²) in [7, 11) is 0. The molecule has 0 heterocycles. The molecule has 314 valence electrons. The Balaban J connectivity index is 1.16. The van der Waals surface area contributed by atoms with Gasteiger partial charge in [-0.05, 0) is 131 Å². The second kappa shape index (κ2) is 14.1. The van der Waals surface area contributed by atoms with Crippen molar-refractivity contribution in [3.05, 3.63) is 269 Å². The van der Waals surface area contributed by atoms with Gasteiger partial charge in [-0.3, -0.25) is 0 Å². The van der Waals surface area contributed by atoms with Crippen LogP contribution in [0.25, 0.3) is 55.3 Å². The summed E-state index contributed by atoms with van der Waals surface area (Å²) >= 11 is 0. The van der Waals surface area contributed by atoms with Crippen LogP contribution in [0.5, 0.6) is 0 Å². The molecule has 0 spiro atoms. The highest BCUT2D eigenvalue weighted by atomic mass is 15.1. The minimum absolute atomic E-state index is 0.167. The first kappa shape index (κ1) is 38.7. The van der Waals surface area contributed by atoms with Crippen LogP contribution >= 0.6 is 0 Å². The molecule has 1 heteroatoms. The topological polar surface area (TPSA) is 3.24 Å². The van der Waals surface area contributed by atoms with E-state index in [1.165, 1.54) is 105 Å². The number of benzene rings is 10. The van der Waals surface area contributed by atoms with Gasteiger partial charge in [-0.15, -0.1) is 0 Å². The molecule has 66 heavy (non-hydrogen) atoms. The maximum Gasteiger partial charge on any atom is 0.0720 e. The molecule has 13 rings (SSSR count). The fourth-order valence-electron chi connectivity index (χ4n) is 12.5. The number of hydrogen-bond donors (Lipinski definition) is 0. The number of fused-ring (bicyclic) bond motifs is 11. The Labute approximate surface area is 388 Å². The van der Waals surface area contributed by atoms with Gasteiger partial charge >= 0.3 is 0 Å². The lowest BCUT2D eigenvalue weighted by molar-refractivity contribution is 0.660. The minimum Gasteiger partial charge on any atom is -0.310 e. The molecule has 0 aliphatic heterocycles. The Hall–Kier alpha value is -7.74. The van der Waals surface area contributed by atoms with Crippen LogP contribution in [0.4, 0.5) is 17.1 Å². The molecule has 0 aromatic heterocycles. The van der Waals surface area contributed by atoms with Crippen LogP contribution < -0.4 is 4.90 Å². The average Bonchev–Trinajstić information content (AvgIpc) is 3.90. The predicted molar refractivity (Wildman–Crippen MR) is 276 cm³/mol. The van der Waals surface area contributed by atoms with Gasteiger partial charge in [0.1, 0.15) is 0 Å². The smallest absolute Gasteiger partial charge is 0.0720 e. The lowest BCUT2D eigenvalue weighted by Gasteiger charge is -2.35. The number of hydrogen-bond acceptors (Lipinski definition) is 1. The highest BCUT2D eigenvalue weighted by Gasteiger charge is 2.49. The number of nitrogens with zero attached hydrogens (tertiary/aromatic N) is 1. The summed E-state index contributed by atoms with van der Waals surface area (Å²) in [5.41, 5.74) is 23.4. The first-order chi connectivity index (χ1) is 32.3. The van der Waals surface area contributed by atoms with Crippen molar-refractivity contribution in [2.24, 2.45) is 0 Å². The van der Waals surface area contributed by atoms with E-state index in [4.69, 9.17) is 0 Å². The lowest BCUT2D eigenvalue weighted by Crippen LogP contribution is -2.29. The molecule has 0 bridgehead atoms. The highest BCUT2D eigenvalue weighted by Crippen LogP contribution is 2.63. The van der Waals surface area contributed by atoms with Gasteiger partial charge < -0.3 is 4.90 Å². The van der Waals surface area contributed by atoms with Gasteiger partial charge in [-0.2, -0.15) is 0 Å². The van der Waals surface area contributed by atoms with Crippen LogP contribution in [0.1, 0.15) is 72.2 Å². The van der Waals surface area contributed by atoms with E-state index < -0.39 is 5.41 Å². The molecule has 0 unspecified atom stereocenters. The van der Waals surface area contributed by atoms with E-state index >= 15 is 0 Å². The predicted octanol–water partition coefficient (Wildman–Crippen LogP) is 17.0. The Morgan fingerprint density at radius 2 is 0.773 bits per heavy atom. The normalized spacial score (nSPS) is 15.0. The number of anilines is 3. The van der Waals surface area contributed by atoms with Crippen molar-refractivity contribution in [1.82, 2.24) is 0 Å². The molecule has 0 fully saturated rings. The van der Waals surface area contributed by atoms with E-state index in [1.54, 1.807) is 0 Å². The van der Waals surface area contributed by atoms with E-state index in [9.17, 15) is 0 Å². The van der Waals surface area contributed by atoms with Crippen molar-refractivity contribution < 1.29 is 0 Å². The van der Waals surface area contributed by atoms with Crippen molar-refractivity contribution in [2.75, 3.05) is 4.90 Å². The third kappa shape index (κ3) is 5.23. The van der Waals surface area contributed by atoms with Crippen molar-refractivity contribution in [3.63, 3.8) is 0 Å². The molecule has 10 aromatic rings. The summed E-state index contributed by atoms with van der Waals surface area (Å²) in [6.45, 7) is 9.56. The fourth-order valence-corrected chi connectivity index (χ4v) is 12.5. The Kier molecular flexibility index (Phi) is 8.28. The molecule has 0 N–H and O–H groups in total. The highest BCUT2D eigenvalue weighted by molar-refractivity contribution is 6.10. The van der Waals surface area contributed by atoms with Crippen molar-refractivity contribution in [2.45, 2.75) is 43.9 Å². The van der Waals surface area contributed by atoms with E-state index in [0.717, 1.165) is 11.4 Å². The SMILES string of the molecule is CC1(C)c2ccccc2-c2ccc(N(c3ccc4c(c3)C(C)(C)c3ccccc3-4)c3cccc4c3-c3cc(-c5ccccc5)c5ccccc5c3C4(c3ccccc3)c3ccccc3)cc21. The standard InChI is InChI=1S/C65H49N/c1-63(2)55-31-18-16-28-48(55)50-37-35-45(39-58(50)63)66(46-36-38-51-49-29-17-19-32-56(49)64(3,4)59(51)40-46)60-34-20-33-57-61(60)54-41-53(42-21-8-5-9-22-42)47-27-14-15-30-52(47)62(54)65(57,43-23-10-6-11-24-43)44-25-12-7-13-26-44/h5-41H,1-4H3. The molecular weight excluding hydrogens is 795 g/mol. The molecule has 3 aliphatic carbocycles. The molecule has 0 saturated carbocycles. The molecule has 0 radical (unpaired) electrons. The maximum atomic E-state index is 2.59. The Bertz CT molecular complexity index is 3430. The van der Waals surface area contributed by atoms with Crippen LogP contribution in [-0.4, -0.2) is 0 Å². The van der Waals surface area contributed by atoms with Crippen molar-refractivity contribution in [1.29, 1.82) is 0 Å². The summed E-state index contributed by atoms with van der Waals surface area (Å²) in [5.74, 6) is 0. The zero-order valence-corrected chi connectivity index (χ0v) is 37.8. The van der Waals surface area contributed by atoms with Gasteiger partial charge in [0.05, 0.1) is 11.1 Å². The van der Waals surface area contributed by atoms with Gasteiger partial charge in [0.25, 0.3) is 0 Å². The van der Waals surface area contributed by atoms with Gasteiger partial charge in [-0.1, -0.05) is 216 Å². The molecule has 0 atom stereocenters. The second-order valence-corrected chi connectivity index (χ2v) is 19.6.